The van der Waals surface area contributed by atoms with Crippen LogP contribution in [0.25, 0.3) is 10.9 Å². The number of pyridine rings is 1. The van der Waals surface area contributed by atoms with Crippen LogP contribution in [0.3, 0.4) is 0 Å². The first-order valence-electron chi connectivity index (χ1n) is 6.14. The second-order valence-corrected chi connectivity index (χ2v) is 4.52. The van der Waals surface area contributed by atoms with Gasteiger partial charge in [0.15, 0.2) is 0 Å². The molecule has 1 aromatic heterocycles. The summed E-state index contributed by atoms with van der Waals surface area (Å²) in [7, 11) is 0. The van der Waals surface area contributed by atoms with E-state index in [9.17, 15) is 14.0 Å². The Labute approximate surface area is 109 Å². The molecule has 5 heteroatoms. The third kappa shape index (κ3) is 2.81. The molecule has 1 atom stereocenters. The number of rotatable bonds is 3. The first-order chi connectivity index (χ1) is 9.01. The highest BCUT2D eigenvalue weighted by molar-refractivity contribution is 6.06. The molecule has 0 aliphatic carbocycles. The van der Waals surface area contributed by atoms with E-state index in [2.05, 4.69) is 10.3 Å². The van der Waals surface area contributed by atoms with E-state index in [-0.39, 0.29) is 17.5 Å². The molecule has 1 amide bonds. The van der Waals surface area contributed by atoms with Crippen molar-refractivity contribution in [3.8, 4) is 0 Å². The summed E-state index contributed by atoms with van der Waals surface area (Å²) < 4.78 is 13.1. The lowest BCUT2D eigenvalue weighted by atomic mass is 10.1. The summed E-state index contributed by atoms with van der Waals surface area (Å²) in [5, 5.41) is 3.32. The standard InChI is InChI=1S/C14H15FN2O2/c1-3-8(2)16-14(19)11-7-13(18)17-12-6-9(15)4-5-10(11)12/h4-8H,3H2,1-2H3,(H,16,19)(H,17,18). The van der Waals surface area contributed by atoms with Crippen LogP contribution in [0.2, 0.25) is 0 Å². The van der Waals surface area contributed by atoms with E-state index in [1.165, 1.54) is 24.3 Å². The molecule has 0 fully saturated rings. The van der Waals surface area contributed by atoms with Crippen LogP contribution >= 0.6 is 0 Å². The molecule has 1 unspecified atom stereocenters. The van der Waals surface area contributed by atoms with Crippen molar-refractivity contribution in [2.24, 2.45) is 0 Å². The van der Waals surface area contributed by atoms with Crippen LogP contribution in [0, 0.1) is 5.82 Å². The van der Waals surface area contributed by atoms with Gasteiger partial charge in [-0.3, -0.25) is 9.59 Å². The maximum absolute atomic E-state index is 13.1. The predicted molar refractivity (Wildman–Crippen MR) is 71.7 cm³/mol. The van der Waals surface area contributed by atoms with E-state index < -0.39 is 11.4 Å². The highest BCUT2D eigenvalue weighted by Crippen LogP contribution is 2.16. The average Bonchev–Trinajstić information content (AvgIpc) is 2.36. The van der Waals surface area contributed by atoms with Crippen LogP contribution in [0.5, 0.6) is 0 Å². The maximum atomic E-state index is 13.1. The Kier molecular flexibility index (Phi) is 3.64. The van der Waals surface area contributed by atoms with Crippen molar-refractivity contribution in [1.29, 1.82) is 0 Å². The van der Waals surface area contributed by atoms with Gasteiger partial charge in [0, 0.05) is 17.5 Å². The molecule has 2 rings (SSSR count). The molecule has 0 spiro atoms. The summed E-state index contributed by atoms with van der Waals surface area (Å²) in [6.07, 6.45) is 0.793. The Morgan fingerprint density at radius 2 is 2.16 bits per heavy atom. The Morgan fingerprint density at radius 3 is 2.84 bits per heavy atom. The van der Waals surface area contributed by atoms with Crippen molar-refractivity contribution < 1.29 is 9.18 Å². The second-order valence-electron chi connectivity index (χ2n) is 4.52. The maximum Gasteiger partial charge on any atom is 0.252 e. The zero-order chi connectivity index (χ0) is 14.0. The van der Waals surface area contributed by atoms with Gasteiger partial charge in [0.1, 0.15) is 5.82 Å². The van der Waals surface area contributed by atoms with Gasteiger partial charge < -0.3 is 10.3 Å². The fourth-order valence-electron chi connectivity index (χ4n) is 1.82. The first-order valence-corrected chi connectivity index (χ1v) is 6.14. The molecular weight excluding hydrogens is 247 g/mol. The first kappa shape index (κ1) is 13.3. The number of hydrogen-bond acceptors (Lipinski definition) is 2. The van der Waals surface area contributed by atoms with Gasteiger partial charge in [0.05, 0.1) is 11.1 Å². The van der Waals surface area contributed by atoms with Crippen LogP contribution in [0.15, 0.2) is 29.1 Å². The van der Waals surface area contributed by atoms with Crippen molar-refractivity contribution in [1.82, 2.24) is 10.3 Å². The van der Waals surface area contributed by atoms with E-state index in [1.54, 1.807) is 0 Å². The van der Waals surface area contributed by atoms with Crippen molar-refractivity contribution >= 4 is 16.8 Å². The predicted octanol–water partition coefficient (Wildman–Crippen LogP) is 2.20. The molecule has 100 valence electrons. The van der Waals surface area contributed by atoms with Gasteiger partial charge in [-0.1, -0.05) is 6.92 Å². The molecule has 0 aliphatic heterocycles. The molecule has 19 heavy (non-hydrogen) atoms. The summed E-state index contributed by atoms with van der Waals surface area (Å²) in [6.45, 7) is 3.84. The van der Waals surface area contributed by atoms with E-state index in [1.807, 2.05) is 13.8 Å². The van der Waals surface area contributed by atoms with E-state index >= 15 is 0 Å². The summed E-state index contributed by atoms with van der Waals surface area (Å²) >= 11 is 0. The third-order valence-electron chi connectivity index (χ3n) is 3.04. The topological polar surface area (TPSA) is 62.0 Å². The zero-order valence-corrected chi connectivity index (χ0v) is 10.8. The number of halogens is 1. The lowest BCUT2D eigenvalue weighted by molar-refractivity contribution is 0.0941. The minimum absolute atomic E-state index is 0.0160. The lowest BCUT2D eigenvalue weighted by Gasteiger charge is -2.12. The van der Waals surface area contributed by atoms with Gasteiger partial charge in [-0.25, -0.2) is 4.39 Å². The fourth-order valence-corrected chi connectivity index (χ4v) is 1.82. The largest absolute Gasteiger partial charge is 0.350 e. The number of nitrogens with one attached hydrogen (secondary N) is 2. The SMILES string of the molecule is CCC(C)NC(=O)c1cc(=O)[nH]c2cc(F)ccc12. The average molecular weight is 262 g/mol. The number of fused-ring (bicyclic) bond motifs is 1. The smallest absolute Gasteiger partial charge is 0.252 e. The van der Waals surface area contributed by atoms with Crippen LogP contribution in [-0.4, -0.2) is 16.9 Å². The molecule has 4 nitrogen and oxygen atoms in total. The molecular formula is C14H15FN2O2. The van der Waals surface area contributed by atoms with Crippen LogP contribution in [-0.2, 0) is 0 Å². The molecule has 2 N–H and O–H groups in total. The minimum Gasteiger partial charge on any atom is -0.350 e. The number of aromatic nitrogens is 1. The summed E-state index contributed by atoms with van der Waals surface area (Å²) in [5.74, 6) is -0.778. The summed E-state index contributed by atoms with van der Waals surface area (Å²) in [6, 6.07) is 5.21. The Hall–Kier alpha value is -2.17. The van der Waals surface area contributed by atoms with E-state index in [0.717, 1.165) is 6.42 Å². The van der Waals surface area contributed by atoms with Crippen LogP contribution in [0.1, 0.15) is 30.6 Å². The van der Waals surface area contributed by atoms with Gasteiger partial charge in [-0.05, 0) is 31.5 Å². The highest BCUT2D eigenvalue weighted by atomic mass is 19.1. The molecule has 1 heterocycles. The minimum atomic E-state index is -0.456. The number of amides is 1. The molecule has 0 saturated carbocycles. The van der Waals surface area contributed by atoms with Gasteiger partial charge in [0.25, 0.3) is 5.91 Å². The number of aromatic amines is 1. The lowest BCUT2D eigenvalue weighted by Crippen LogP contribution is -2.32. The van der Waals surface area contributed by atoms with Crippen molar-refractivity contribution in [2.75, 3.05) is 0 Å². The van der Waals surface area contributed by atoms with Gasteiger partial charge in [-0.2, -0.15) is 0 Å². The Balaban J connectivity index is 2.53. The summed E-state index contributed by atoms with van der Waals surface area (Å²) in [4.78, 5) is 26.1. The monoisotopic (exact) mass is 262 g/mol. The third-order valence-corrected chi connectivity index (χ3v) is 3.04. The molecule has 0 aliphatic rings. The van der Waals surface area contributed by atoms with Gasteiger partial charge in [-0.15, -0.1) is 0 Å². The molecule has 0 saturated heterocycles. The van der Waals surface area contributed by atoms with Crippen molar-refractivity contribution in [3.63, 3.8) is 0 Å². The van der Waals surface area contributed by atoms with Crippen molar-refractivity contribution in [2.45, 2.75) is 26.3 Å². The second kappa shape index (κ2) is 5.22. The normalized spacial score (nSPS) is 12.4. The number of hydrogen-bond donors (Lipinski definition) is 2. The fraction of sp³-hybridized carbons (Fsp3) is 0.286. The molecule has 2 aromatic rings. The highest BCUT2D eigenvalue weighted by Gasteiger charge is 2.13. The van der Waals surface area contributed by atoms with Crippen LogP contribution in [0.4, 0.5) is 4.39 Å². The number of carbonyl (C=O) groups excluding carboxylic acids is 1. The molecule has 1 aromatic carbocycles. The zero-order valence-electron chi connectivity index (χ0n) is 10.8. The molecule has 0 radical (unpaired) electrons. The number of carbonyl (C=O) groups is 1. The van der Waals surface area contributed by atoms with E-state index in [0.29, 0.717) is 10.9 Å². The molecule has 0 bridgehead atoms. The van der Waals surface area contributed by atoms with Crippen molar-refractivity contribution in [3.05, 3.63) is 46.0 Å². The Morgan fingerprint density at radius 1 is 1.42 bits per heavy atom. The summed E-state index contributed by atoms with van der Waals surface area (Å²) in [5.41, 5.74) is 0.160. The van der Waals surface area contributed by atoms with Crippen LogP contribution < -0.4 is 10.9 Å². The van der Waals surface area contributed by atoms with E-state index in [4.69, 9.17) is 0 Å². The number of H-pyrrole nitrogens is 1. The Bertz CT molecular complexity index is 679. The number of benzene rings is 1. The quantitative estimate of drug-likeness (QED) is 0.890. The van der Waals surface area contributed by atoms with Gasteiger partial charge >= 0.3 is 0 Å². The van der Waals surface area contributed by atoms with Gasteiger partial charge in [0.2, 0.25) is 5.56 Å².